The maximum Gasteiger partial charge on any atom is 0.126 e. The van der Waals surface area contributed by atoms with Crippen LogP contribution in [-0.2, 0) is 17.6 Å². The molecule has 0 aliphatic carbocycles. The molecule has 4 heteroatoms. The molecule has 58 heavy (non-hydrogen) atoms. The van der Waals surface area contributed by atoms with Gasteiger partial charge in [-0.25, -0.2) is 0 Å². The van der Waals surface area contributed by atoms with Gasteiger partial charge in [-0.1, -0.05) is 46.6 Å². The zero-order chi connectivity index (χ0) is 43.2. The first-order chi connectivity index (χ1) is 27.4. The van der Waals surface area contributed by atoms with Crippen LogP contribution >= 0.6 is 0 Å². The summed E-state index contributed by atoms with van der Waals surface area (Å²) in [7, 11) is 0. The molecule has 2 aliphatic rings. The molecule has 0 fully saturated rings. The molecule has 1 N–H and O–H groups in total. The van der Waals surface area contributed by atoms with Crippen LogP contribution in [0.4, 0.5) is 0 Å². The third-order valence-electron chi connectivity index (χ3n) is 13.8. The molecule has 0 unspecified atom stereocenters. The Morgan fingerprint density at radius 2 is 0.862 bits per heavy atom. The van der Waals surface area contributed by atoms with Crippen molar-refractivity contribution in [1.82, 2.24) is 0 Å². The van der Waals surface area contributed by atoms with Gasteiger partial charge < -0.3 is 19.4 Å². The van der Waals surface area contributed by atoms with E-state index >= 15 is 0 Å². The van der Waals surface area contributed by atoms with E-state index in [0.29, 0.717) is 6.42 Å². The van der Waals surface area contributed by atoms with E-state index in [1.54, 1.807) is 0 Å². The smallest absolute Gasteiger partial charge is 0.126 e. The van der Waals surface area contributed by atoms with Gasteiger partial charge in [0.25, 0.3) is 0 Å². The van der Waals surface area contributed by atoms with E-state index in [4.69, 9.17) is 14.6 Å². The van der Waals surface area contributed by atoms with Crippen molar-refractivity contribution >= 4 is 6.29 Å². The van der Waals surface area contributed by atoms with Crippen molar-refractivity contribution in [3.05, 3.63) is 102 Å². The van der Waals surface area contributed by atoms with Crippen LogP contribution in [0.5, 0.6) is 11.5 Å². The molecule has 0 spiro atoms. The number of allylic oxidation sites excluding steroid dienone is 8. The van der Waals surface area contributed by atoms with Crippen molar-refractivity contribution in [3.63, 3.8) is 0 Å². The molecule has 0 radical (unpaired) electrons. The van der Waals surface area contributed by atoms with E-state index in [1.807, 2.05) is 0 Å². The molecule has 2 heterocycles. The van der Waals surface area contributed by atoms with Gasteiger partial charge in [0, 0.05) is 13.0 Å². The standard InChI is InChI=1S/C27H42O2.C27H40O2/c2*1-19(11-8-12-20(2)14-10-18-28)13-9-16-27(7)17-15-25-23(5)21(3)22(4)24(6)26(25)29-27/h12-13,28H,8-11,14-18H2,1-7H3;12-13,18H,8-11,14-17H2,1-7H3/b2*19-13+,20-12+/t2*27-/m11/s1. The number of aldehydes is 1. The summed E-state index contributed by atoms with van der Waals surface area (Å²) in [4.78, 5) is 10.5. The summed E-state index contributed by atoms with van der Waals surface area (Å²) in [5, 5.41) is 8.92. The number of aliphatic hydroxyl groups excluding tert-OH is 1. The second-order valence-electron chi connectivity index (χ2n) is 18.6. The van der Waals surface area contributed by atoms with E-state index in [0.717, 1.165) is 114 Å². The predicted octanol–water partition coefficient (Wildman–Crippen LogP) is 14.7. The first-order valence-corrected chi connectivity index (χ1v) is 22.6. The predicted molar refractivity (Wildman–Crippen MR) is 249 cm³/mol. The van der Waals surface area contributed by atoms with Crippen molar-refractivity contribution in [2.24, 2.45) is 0 Å². The quantitative estimate of drug-likeness (QED) is 0.121. The first-order valence-electron chi connectivity index (χ1n) is 22.6. The van der Waals surface area contributed by atoms with Gasteiger partial charge >= 0.3 is 0 Å². The van der Waals surface area contributed by atoms with Gasteiger partial charge in [0.2, 0.25) is 0 Å². The summed E-state index contributed by atoms with van der Waals surface area (Å²) in [6, 6.07) is 0. The highest BCUT2D eigenvalue weighted by atomic mass is 16.5. The van der Waals surface area contributed by atoms with Crippen LogP contribution in [0.25, 0.3) is 0 Å². The summed E-state index contributed by atoms with van der Waals surface area (Å²) in [6.45, 7) is 31.4. The Bertz CT molecular complexity index is 1830. The average molecular weight is 795 g/mol. The van der Waals surface area contributed by atoms with E-state index in [9.17, 15) is 4.79 Å². The van der Waals surface area contributed by atoms with E-state index in [2.05, 4.69) is 121 Å². The van der Waals surface area contributed by atoms with Crippen molar-refractivity contribution in [2.45, 2.75) is 211 Å². The minimum Gasteiger partial charge on any atom is -0.487 e. The van der Waals surface area contributed by atoms with E-state index in [-0.39, 0.29) is 17.8 Å². The second kappa shape index (κ2) is 22.8. The highest BCUT2D eigenvalue weighted by Gasteiger charge is 2.34. The van der Waals surface area contributed by atoms with Crippen molar-refractivity contribution in [1.29, 1.82) is 0 Å². The number of carbonyl (C=O) groups is 1. The molecule has 2 aromatic rings. The fraction of sp³-hybridized carbons (Fsp3) is 0.611. The lowest BCUT2D eigenvalue weighted by Gasteiger charge is -2.38. The maximum absolute atomic E-state index is 10.5. The van der Waals surface area contributed by atoms with Gasteiger partial charge in [-0.3, -0.25) is 0 Å². The SMILES string of the molecule is C/C(=C\CC/C(C)=C/CC[C@]1(C)CCc2c(C)c(C)c(C)c(C)c2O1)CCC=O.C/C(=C\CC[C@]1(C)CCc2c(C)c(C)c(C)c(C)c2O1)CC/C=C(\C)CCCO. The minimum atomic E-state index is -0.0754. The third kappa shape index (κ3) is 13.9. The van der Waals surface area contributed by atoms with Crippen molar-refractivity contribution in [3.8, 4) is 11.5 Å². The van der Waals surface area contributed by atoms with Gasteiger partial charge in [-0.05, 0) is 249 Å². The fourth-order valence-electron chi connectivity index (χ4n) is 8.71. The summed E-state index contributed by atoms with van der Waals surface area (Å²) < 4.78 is 13.3. The van der Waals surface area contributed by atoms with Crippen LogP contribution in [-0.4, -0.2) is 29.2 Å². The summed E-state index contributed by atoms with van der Waals surface area (Å²) in [6.07, 6.45) is 26.9. The molecule has 0 saturated heterocycles. The Morgan fingerprint density at radius 1 is 0.517 bits per heavy atom. The van der Waals surface area contributed by atoms with E-state index < -0.39 is 0 Å². The van der Waals surface area contributed by atoms with Gasteiger partial charge in [0.15, 0.2) is 0 Å². The number of rotatable bonds is 18. The normalized spacial score (nSPS) is 19.8. The zero-order valence-electron chi connectivity index (χ0n) is 39.6. The Balaban J connectivity index is 0.000000310. The average Bonchev–Trinajstić information content (AvgIpc) is 3.19. The zero-order valence-corrected chi connectivity index (χ0v) is 39.6. The van der Waals surface area contributed by atoms with Crippen LogP contribution < -0.4 is 9.47 Å². The number of benzene rings is 2. The topological polar surface area (TPSA) is 55.8 Å². The number of ether oxygens (including phenoxy) is 2. The lowest BCUT2D eigenvalue weighted by molar-refractivity contribution is -0.107. The molecule has 4 nitrogen and oxygen atoms in total. The number of aliphatic hydroxyl groups is 1. The maximum atomic E-state index is 10.5. The second-order valence-corrected chi connectivity index (χ2v) is 18.6. The van der Waals surface area contributed by atoms with Crippen LogP contribution in [0.3, 0.4) is 0 Å². The van der Waals surface area contributed by atoms with Crippen LogP contribution in [0.1, 0.15) is 187 Å². The van der Waals surface area contributed by atoms with Gasteiger partial charge in [0.1, 0.15) is 29.0 Å². The van der Waals surface area contributed by atoms with Crippen molar-refractivity contribution < 1.29 is 19.4 Å². The Labute approximate surface area is 355 Å². The third-order valence-corrected chi connectivity index (χ3v) is 13.8. The molecular formula is C54H82O4. The Hall–Kier alpha value is -3.37. The molecule has 2 aromatic carbocycles. The lowest BCUT2D eigenvalue weighted by Crippen LogP contribution is -2.37. The van der Waals surface area contributed by atoms with Gasteiger partial charge in [-0.15, -0.1) is 0 Å². The van der Waals surface area contributed by atoms with Crippen LogP contribution in [0.15, 0.2) is 46.6 Å². The number of carbonyl (C=O) groups excluding carboxylic acids is 1. The monoisotopic (exact) mass is 795 g/mol. The summed E-state index contributed by atoms with van der Waals surface area (Å²) >= 11 is 0. The van der Waals surface area contributed by atoms with Gasteiger partial charge in [-0.2, -0.15) is 0 Å². The van der Waals surface area contributed by atoms with Crippen LogP contribution in [0, 0.1) is 55.4 Å². The molecule has 322 valence electrons. The lowest BCUT2D eigenvalue weighted by atomic mass is 9.83. The largest absolute Gasteiger partial charge is 0.487 e. The Kier molecular flexibility index (Phi) is 19.3. The fourth-order valence-corrected chi connectivity index (χ4v) is 8.71. The van der Waals surface area contributed by atoms with Crippen LogP contribution in [0.2, 0.25) is 0 Å². The highest BCUT2D eigenvalue weighted by Crippen LogP contribution is 2.43. The van der Waals surface area contributed by atoms with Gasteiger partial charge in [0.05, 0.1) is 0 Å². The summed E-state index contributed by atoms with van der Waals surface area (Å²) in [5.41, 5.74) is 19.4. The first kappa shape index (κ1) is 49.0. The molecule has 2 atom stereocenters. The Morgan fingerprint density at radius 3 is 1.24 bits per heavy atom. The molecule has 0 saturated carbocycles. The van der Waals surface area contributed by atoms with Crippen molar-refractivity contribution in [2.75, 3.05) is 6.61 Å². The number of fused-ring (bicyclic) bond motifs is 2. The number of hydrogen-bond acceptors (Lipinski definition) is 4. The minimum absolute atomic E-state index is 0.0660. The molecule has 0 bridgehead atoms. The highest BCUT2D eigenvalue weighted by molar-refractivity contribution is 5.56. The van der Waals surface area contributed by atoms with E-state index in [1.165, 1.54) is 77.9 Å². The molecule has 0 aromatic heterocycles. The summed E-state index contributed by atoms with van der Waals surface area (Å²) in [5.74, 6) is 2.31. The molecular weight excluding hydrogens is 713 g/mol. The molecule has 0 amide bonds. The molecule has 2 aliphatic heterocycles. The number of hydrogen-bond donors (Lipinski definition) is 1. The molecule has 4 rings (SSSR count).